The first-order chi connectivity index (χ1) is 17.1. The number of nitro groups is 1. The van der Waals surface area contributed by atoms with E-state index in [0.29, 0.717) is 5.56 Å². The van der Waals surface area contributed by atoms with E-state index in [1.807, 2.05) is 0 Å². The van der Waals surface area contributed by atoms with Crippen molar-refractivity contribution in [1.82, 2.24) is 10.6 Å². The third-order valence-corrected chi connectivity index (χ3v) is 5.38. The van der Waals surface area contributed by atoms with E-state index in [-0.39, 0.29) is 24.1 Å². The van der Waals surface area contributed by atoms with Crippen molar-refractivity contribution in [2.24, 2.45) is 0 Å². The molecule has 0 aromatic heterocycles. The molecule has 2 aromatic rings. The van der Waals surface area contributed by atoms with E-state index in [1.54, 1.807) is 6.07 Å². The van der Waals surface area contributed by atoms with E-state index in [1.165, 1.54) is 49.4 Å². The second kappa shape index (κ2) is 12.9. The summed E-state index contributed by atoms with van der Waals surface area (Å²) in [6, 6.07) is 8.06. The van der Waals surface area contributed by atoms with Gasteiger partial charge in [-0.25, -0.2) is 9.18 Å². The molecule has 0 aliphatic heterocycles. The van der Waals surface area contributed by atoms with Crippen LogP contribution in [0.15, 0.2) is 48.5 Å². The number of amides is 2. The molecule has 0 aliphatic carbocycles. The zero-order valence-electron chi connectivity index (χ0n) is 19.9. The Bertz CT molecular complexity index is 1120. The molecule has 0 fully saturated rings. The van der Waals surface area contributed by atoms with Gasteiger partial charge in [0.25, 0.3) is 5.69 Å². The first kappa shape index (κ1) is 27.9. The number of hydrogen-bond donors (Lipinski definition) is 2. The van der Waals surface area contributed by atoms with Gasteiger partial charge in [0, 0.05) is 31.4 Å². The minimum atomic E-state index is -1.44. The monoisotopic (exact) mass is 503 g/mol. The van der Waals surface area contributed by atoms with Crippen LogP contribution in [0.5, 0.6) is 0 Å². The number of nitrogens with one attached hydrogen (secondary N) is 2. The molecule has 0 spiro atoms. The molecule has 0 radical (unpaired) electrons. The van der Waals surface area contributed by atoms with Crippen molar-refractivity contribution in [2.45, 2.75) is 37.8 Å². The number of halogens is 1. The van der Waals surface area contributed by atoms with Crippen LogP contribution < -0.4 is 10.6 Å². The molecule has 0 aliphatic rings. The summed E-state index contributed by atoms with van der Waals surface area (Å²) in [4.78, 5) is 60.2. The third-order valence-electron chi connectivity index (χ3n) is 5.38. The predicted molar refractivity (Wildman–Crippen MR) is 124 cm³/mol. The SMILES string of the molecule is COC(=O)C[C@H](c1ccc([N+](=O)[O-])cc1)[C@H](NC(=O)[C@H](Cc1ccccc1F)NC(C)=O)C(=O)OC. The molecular formula is C24H26FN3O8. The van der Waals surface area contributed by atoms with Crippen LogP contribution in [0.25, 0.3) is 0 Å². The second-order valence-electron chi connectivity index (χ2n) is 7.79. The summed E-state index contributed by atoms with van der Waals surface area (Å²) in [5, 5.41) is 15.9. The molecule has 2 aromatic carbocycles. The summed E-state index contributed by atoms with van der Waals surface area (Å²) in [6.07, 6.45) is -0.600. The number of carbonyl (C=O) groups excluding carboxylic acids is 4. The first-order valence-corrected chi connectivity index (χ1v) is 10.8. The van der Waals surface area contributed by atoms with Crippen molar-refractivity contribution >= 4 is 29.4 Å². The van der Waals surface area contributed by atoms with Gasteiger partial charge in [-0.05, 0) is 17.2 Å². The molecule has 192 valence electrons. The van der Waals surface area contributed by atoms with Crippen molar-refractivity contribution in [3.63, 3.8) is 0 Å². The Labute approximate surface area is 206 Å². The van der Waals surface area contributed by atoms with Gasteiger partial charge in [-0.15, -0.1) is 0 Å². The molecular weight excluding hydrogens is 477 g/mol. The number of nitro benzene ring substituents is 1. The minimum absolute atomic E-state index is 0.155. The molecule has 2 N–H and O–H groups in total. The number of carbonyl (C=O) groups is 4. The van der Waals surface area contributed by atoms with Crippen LogP contribution in [-0.2, 0) is 35.1 Å². The first-order valence-electron chi connectivity index (χ1n) is 10.8. The smallest absolute Gasteiger partial charge is 0.329 e. The van der Waals surface area contributed by atoms with Crippen LogP contribution in [-0.4, -0.2) is 55.0 Å². The molecule has 0 saturated heterocycles. The van der Waals surface area contributed by atoms with Gasteiger partial charge in [-0.3, -0.25) is 24.5 Å². The Hall–Kier alpha value is -4.35. The Morgan fingerprint density at radius 3 is 2.17 bits per heavy atom. The maximum Gasteiger partial charge on any atom is 0.329 e. The zero-order valence-corrected chi connectivity index (χ0v) is 19.9. The summed E-state index contributed by atoms with van der Waals surface area (Å²) in [6.45, 7) is 1.18. The molecule has 11 nitrogen and oxygen atoms in total. The van der Waals surface area contributed by atoms with Gasteiger partial charge in [-0.2, -0.15) is 0 Å². The van der Waals surface area contributed by atoms with E-state index in [9.17, 15) is 33.7 Å². The molecule has 12 heteroatoms. The highest BCUT2D eigenvalue weighted by atomic mass is 19.1. The van der Waals surface area contributed by atoms with Crippen LogP contribution in [0.2, 0.25) is 0 Å². The minimum Gasteiger partial charge on any atom is -0.469 e. The summed E-state index contributed by atoms with van der Waals surface area (Å²) in [5.74, 6) is -4.65. The number of methoxy groups -OCH3 is 2. The third kappa shape index (κ3) is 7.58. The van der Waals surface area contributed by atoms with Crippen LogP contribution in [0.4, 0.5) is 10.1 Å². The zero-order chi connectivity index (χ0) is 26.8. The van der Waals surface area contributed by atoms with Gasteiger partial charge in [0.15, 0.2) is 0 Å². The summed E-state index contributed by atoms with van der Waals surface area (Å²) in [5.41, 5.74) is 0.249. The fourth-order valence-corrected chi connectivity index (χ4v) is 3.58. The number of esters is 2. The molecule has 3 atom stereocenters. The van der Waals surface area contributed by atoms with E-state index in [0.717, 1.165) is 14.2 Å². The predicted octanol–water partition coefficient (Wildman–Crippen LogP) is 1.79. The Morgan fingerprint density at radius 1 is 1.00 bits per heavy atom. The lowest BCUT2D eigenvalue weighted by molar-refractivity contribution is -0.384. The summed E-state index contributed by atoms with van der Waals surface area (Å²) in [7, 11) is 2.22. The van der Waals surface area contributed by atoms with Crippen LogP contribution in [0.1, 0.15) is 30.4 Å². The Morgan fingerprint density at radius 2 is 1.64 bits per heavy atom. The van der Waals surface area contributed by atoms with Crippen LogP contribution in [0, 0.1) is 15.9 Å². The van der Waals surface area contributed by atoms with Gasteiger partial charge in [0.1, 0.15) is 17.9 Å². The number of nitrogens with zero attached hydrogens (tertiary/aromatic N) is 1. The maximum absolute atomic E-state index is 14.2. The van der Waals surface area contributed by atoms with Crippen molar-refractivity contribution in [1.29, 1.82) is 0 Å². The standard InChI is InChI=1S/C24H26FN3O8/c1-14(29)26-20(12-16-6-4-5-7-19(16)25)23(31)27-22(24(32)36-3)18(13-21(30)35-2)15-8-10-17(11-9-15)28(33)34/h4-11,18,20,22H,12-13H2,1-3H3,(H,26,29)(H,27,31)/t18-,20+,22+/m1/s1. The average molecular weight is 503 g/mol. The molecule has 0 saturated carbocycles. The highest BCUT2D eigenvalue weighted by Crippen LogP contribution is 2.27. The van der Waals surface area contributed by atoms with Crippen molar-refractivity contribution in [3.8, 4) is 0 Å². The molecule has 0 heterocycles. The number of hydrogen-bond acceptors (Lipinski definition) is 8. The van der Waals surface area contributed by atoms with Crippen LogP contribution >= 0.6 is 0 Å². The number of rotatable bonds is 11. The second-order valence-corrected chi connectivity index (χ2v) is 7.79. The van der Waals surface area contributed by atoms with Crippen molar-refractivity contribution < 1.29 is 38.0 Å². The average Bonchev–Trinajstić information content (AvgIpc) is 2.85. The topological polar surface area (TPSA) is 154 Å². The molecule has 2 rings (SSSR count). The Kier molecular flexibility index (Phi) is 10.0. The largest absolute Gasteiger partial charge is 0.469 e. The van der Waals surface area contributed by atoms with Crippen molar-refractivity contribution in [2.75, 3.05) is 14.2 Å². The fraction of sp³-hybridized carbons (Fsp3) is 0.333. The summed E-state index contributed by atoms with van der Waals surface area (Å²) >= 11 is 0. The van der Waals surface area contributed by atoms with Gasteiger partial charge in [0.2, 0.25) is 11.8 Å². The number of ether oxygens (including phenoxy) is 2. The van der Waals surface area contributed by atoms with Crippen molar-refractivity contribution in [3.05, 3.63) is 75.6 Å². The lowest BCUT2D eigenvalue weighted by atomic mass is 9.87. The molecule has 0 unspecified atom stereocenters. The normalized spacial score (nSPS) is 13.0. The molecule has 36 heavy (non-hydrogen) atoms. The lowest BCUT2D eigenvalue weighted by Gasteiger charge is -2.28. The molecule has 0 bridgehead atoms. The van der Waals surface area contributed by atoms with E-state index < -0.39 is 52.5 Å². The number of benzene rings is 2. The molecule has 2 amide bonds. The van der Waals surface area contributed by atoms with Gasteiger partial charge in [-0.1, -0.05) is 30.3 Å². The van der Waals surface area contributed by atoms with Crippen LogP contribution in [0.3, 0.4) is 0 Å². The van der Waals surface area contributed by atoms with E-state index in [2.05, 4.69) is 10.6 Å². The number of non-ortho nitro benzene ring substituents is 1. The van der Waals surface area contributed by atoms with E-state index >= 15 is 0 Å². The highest BCUT2D eigenvalue weighted by molar-refractivity contribution is 5.91. The fourth-order valence-electron chi connectivity index (χ4n) is 3.58. The maximum atomic E-state index is 14.2. The summed E-state index contributed by atoms with van der Waals surface area (Å²) < 4.78 is 23.7. The van der Waals surface area contributed by atoms with Gasteiger partial charge in [0.05, 0.1) is 25.6 Å². The lowest BCUT2D eigenvalue weighted by Crippen LogP contribution is -2.54. The van der Waals surface area contributed by atoms with E-state index in [4.69, 9.17) is 9.47 Å². The highest BCUT2D eigenvalue weighted by Gasteiger charge is 2.36. The quantitative estimate of drug-likeness (QED) is 0.267. The van der Waals surface area contributed by atoms with Gasteiger partial charge < -0.3 is 20.1 Å². The van der Waals surface area contributed by atoms with Gasteiger partial charge >= 0.3 is 11.9 Å². The Balaban J connectivity index is 2.43.